The van der Waals surface area contributed by atoms with E-state index in [2.05, 4.69) is 0 Å². The number of nitrogens with zero attached hydrogens (tertiary/aromatic N) is 2. The lowest BCUT2D eigenvalue weighted by Crippen LogP contribution is -2.46. The van der Waals surface area contributed by atoms with E-state index in [0.29, 0.717) is 18.1 Å². The summed E-state index contributed by atoms with van der Waals surface area (Å²) in [6.07, 6.45) is 5.48. The third-order valence-corrected chi connectivity index (χ3v) is 5.66. The quantitative estimate of drug-likeness (QED) is 0.787. The number of carbonyl (C=O) groups is 2. The number of piperidine rings is 2. The first-order chi connectivity index (χ1) is 13.3. The Morgan fingerprint density at radius 3 is 2.46 bits per heavy atom. The van der Waals surface area contributed by atoms with Crippen LogP contribution in [0.2, 0.25) is 0 Å². The normalized spacial score (nSPS) is 20.8. The summed E-state index contributed by atoms with van der Waals surface area (Å²) in [6.45, 7) is 9.79. The van der Waals surface area contributed by atoms with E-state index in [4.69, 9.17) is 4.74 Å². The Morgan fingerprint density at radius 2 is 1.75 bits per heavy atom. The maximum absolute atomic E-state index is 12.7. The first-order valence-corrected chi connectivity index (χ1v) is 10.7. The summed E-state index contributed by atoms with van der Waals surface area (Å²) >= 11 is 0. The molecular formula is C23H34N2O3. The van der Waals surface area contributed by atoms with Gasteiger partial charge in [-0.25, -0.2) is 0 Å². The van der Waals surface area contributed by atoms with Gasteiger partial charge < -0.3 is 14.5 Å². The van der Waals surface area contributed by atoms with Crippen LogP contribution in [0.25, 0.3) is 0 Å². The summed E-state index contributed by atoms with van der Waals surface area (Å²) in [4.78, 5) is 29.2. The fraction of sp³-hybridized carbons (Fsp3) is 0.652. The lowest BCUT2D eigenvalue weighted by molar-refractivity contribution is -0.141. The van der Waals surface area contributed by atoms with Gasteiger partial charge in [0, 0.05) is 43.1 Å². The molecule has 2 amide bonds. The molecule has 0 aliphatic carbocycles. The SMILES string of the molecule is CC(C)(C)C(=O)N1CCCC(COc2cccc(C(=O)N3CCCCC3)c2)C1. The summed E-state index contributed by atoms with van der Waals surface area (Å²) in [5.74, 6) is 1.39. The highest BCUT2D eigenvalue weighted by Gasteiger charge is 2.31. The van der Waals surface area contributed by atoms with Crippen molar-refractivity contribution in [3.8, 4) is 5.75 Å². The molecule has 0 N–H and O–H groups in total. The van der Waals surface area contributed by atoms with E-state index in [1.54, 1.807) is 0 Å². The van der Waals surface area contributed by atoms with Crippen molar-refractivity contribution in [3.05, 3.63) is 29.8 Å². The van der Waals surface area contributed by atoms with Crippen molar-refractivity contribution in [2.24, 2.45) is 11.3 Å². The van der Waals surface area contributed by atoms with Gasteiger partial charge in [0.25, 0.3) is 5.91 Å². The molecule has 0 radical (unpaired) electrons. The highest BCUT2D eigenvalue weighted by atomic mass is 16.5. The molecule has 2 aliphatic heterocycles. The van der Waals surface area contributed by atoms with E-state index < -0.39 is 0 Å². The van der Waals surface area contributed by atoms with E-state index in [9.17, 15) is 9.59 Å². The fourth-order valence-electron chi connectivity index (χ4n) is 4.07. The standard InChI is InChI=1S/C23H34N2O3/c1-23(2,3)22(27)25-14-8-9-18(16-25)17-28-20-11-7-10-19(15-20)21(26)24-12-5-4-6-13-24/h7,10-11,15,18H,4-6,8-9,12-14,16-17H2,1-3H3. The number of likely N-dealkylation sites (tertiary alicyclic amines) is 2. The van der Waals surface area contributed by atoms with Gasteiger partial charge >= 0.3 is 0 Å². The Hall–Kier alpha value is -2.04. The molecule has 28 heavy (non-hydrogen) atoms. The van der Waals surface area contributed by atoms with Crippen LogP contribution in [0.15, 0.2) is 24.3 Å². The maximum Gasteiger partial charge on any atom is 0.253 e. The molecule has 0 saturated carbocycles. The number of carbonyl (C=O) groups excluding carboxylic acids is 2. The van der Waals surface area contributed by atoms with E-state index in [-0.39, 0.29) is 17.2 Å². The summed E-state index contributed by atoms with van der Waals surface area (Å²) in [5, 5.41) is 0. The molecule has 2 heterocycles. The van der Waals surface area contributed by atoms with Gasteiger partial charge in [-0.05, 0) is 50.3 Å². The lowest BCUT2D eigenvalue weighted by Gasteiger charge is -2.36. The van der Waals surface area contributed by atoms with Crippen LogP contribution < -0.4 is 4.74 Å². The highest BCUT2D eigenvalue weighted by molar-refractivity contribution is 5.94. The second kappa shape index (κ2) is 8.97. The zero-order valence-corrected chi connectivity index (χ0v) is 17.6. The van der Waals surface area contributed by atoms with Gasteiger partial charge in [0.2, 0.25) is 5.91 Å². The number of benzene rings is 1. The van der Waals surface area contributed by atoms with Crippen molar-refractivity contribution in [3.63, 3.8) is 0 Å². The van der Waals surface area contributed by atoms with E-state index in [0.717, 1.165) is 57.6 Å². The Balaban J connectivity index is 1.56. The molecule has 0 bridgehead atoms. The summed E-state index contributed by atoms with van der Waals surface area (Å²) in [7, 11) is 0. The Bertz CT molecular complexity index is 689. The molecule has 5 heteroatoms. The van der Waals surface area contributed by atoms with E-state index >= 15 is 0 Å². The average molecular weight is 387 g/mol. The molecule has 1 atom stereocenters. The van der Waals surface area contributed by atoms with Crippen LogP contribution >= 0.6 is 0 Å². The molecule has 0 spiro atoms. The second-order valence-electron chi connectivity index (χ2n) is 9.20. The minimum atomic E-state index is -0.341. The van der Waals surface area contributed by atoms with Crippen molar-refractivity contribution in [1.29, 1.82) is 0 Å². The summed E-state index contributed by atoms with van der Waals surface area (Å²) < 4.78 is 6.03. The van der Waals surface area contributed by atoms with Crippen molar-refractivity contribution in [2.45, 2.75) is 52.9 Å². The number of ether oxygens (including phenoxy) is 1. The van der Waals surface area contributed by atoms with Crippen molar-refractivity contribution in [1.82, 2.24) is 9.80 Å². The van der Waals surface area contributed by atoms with Crippen LogP contribution in [0.3, 0.4) is 0 Å². The molecule has 1 unspecified atom stereocenters. The molecule has 5 nitrogen and oxygen atoms in total. The lowest BCUT2D eigenvalue weighted by atomic mass is 9.91. The van der Waals surface area contributed by atoms with Crippen molar-refractivity contribution < 1.29 is 14.3 Å². The minimum absolute atomic E-state index is 0.102. The molecular weight excluding hydrogens is 352 g/mol. The minimum Gasteiger partial charge on any atom is -0.493 e. The molecule has 1 aromatic carbocycles. The van der Waals surface area contributed by atoms with Gasteiger partial charge in [0.05, 0.1) is 6.61 Å². The Kier molecular flexibility index (Phi) is 6.63. The van der Waals surface area contributed by atoms with Crippen LogP contribution in [-0.2, 0) is 4.79 Å². The van der Waals surface area contributed by atoms with Crippen LogP contribution in [0, 0.1) is 11.3 Å². The van der Waals surface area contributed by atoms with Gasteiger partial charge in [0.15, 0.2) is 0 Å². The summed E-state index contributed by atoms with van der Waals surface area (Å²) in [6, 6.07) is 7.53. The topological polar surface area (TPSA) is 49.9 Å². The molecule has 2 saturated heterocycles. The highest BCUT2D eigenvalue weighted by Crippen LogP contribution is 2.25. The van der Waals surface area contributed by atoms with Gasteiger partial charge in [-0.3, -0.25) is 9.59 Å². The first kappa shape index (κ1) is 20.7. The van der Waals surface area contributed by atoms with Crippen LogP contribution in [-0.4, -0.2) is 54.4 Å². The molecule has 1 aromatic rings. The van der Waals surface area contributed by atoms with E-state index in [1.807, 2.05) is 54.8 Å². The predicted octanol–water partition coefficient (Wildman–Crippen LogP) is 3.98. The third-order valence-electron chi connectivity index (χ3n) is 5.66. The zero-order chi connectivity index (χ0) is 20.1. The molecule has 2 fully saturated rings. The summed E-state index contributed by atoms with van der Waals surface area (Å²) in [5.41, 5.74) is 0.360. The van der Waals surface area contributed by atoms with Crippen LogP contribution in [0.5, 0.6) is 5.75 Å². The molecule has 3 rings (SSSR count). The number of hydrogen-bond donors (Lipinski definition) is 0. The van der Waals surface area contributed by atoms with Crippen molar-refractivity contribution in [2.75, 3.05) is 32.8 Å². The first-order valence-electron chi connectivity index (χ1n) is 10.7. The molecule has 0 aromatic heterocycles. The predicted molar refractivity (Wildman–Crippen MR) is 110 cm³/mol. The smallest absolute Gasteiger partial charge is 0.253 e. The molecule has 2 aliphatic rings. The van der Waals surface area contributed by atoms with Crippen LogP contribution in [0.4, 0.5) is 0 Å². The Morgan fingerprint density at radius 1 is 1.04 bits per heavy atom. The van der Waals surface area contributed by atoms with E-state index in [1.165, 1.54) is 6.42 Å². The third kappa shape index (κ3) is 5.27. The zero-order valence-electron chi connectivity index (χ0n) is 17.6. The van der Waals surface area contributed by atoms with Gasteiger partial charge in [-0.1, -0.05) is 26.8 Å². The maximum atomic E-state index is 12.7. The van der Waals surface area contributed by atoms with Gasteiger partial charge in [-0.15, -0.1) is 0 Å². The largest absolute Gasteiger partial charge is 0.493 e. The average Bonchev–Trinajstić information content (AvgIpc) is 2.71. The number of hydrogen-bond acceptors (Lipinski definition) is 3. The van der Waals surface area contributed by atoms with Crippen LogP contribution in [0.1, 0.15) is 63.2 Å². The Labute approximate surface area is 169 Å². The monoisotopic (exact) mass is 386 g/mol. The fourth-order valence-corrected chi connectivity index (χ4v) is 4.07. The number of rotatable bonds is 4. The molecule has 154 valence electrons. The van der Waals surface area contributed by atoms with Gasteiger partial charge in [-0.2, -0.15) is 0 Å². The van der Waals surface area contributed by atoms with Gasteiger partial charge in [0.1, 0.15) is 5.75 Å². The van der Waals surface area contributed by atoms with Crippen molar-refractivity contribution >= 4 is 11.8 Å². The second-order valence-corrected chi connectivity index (χ2v) is 9.20. The number of amides is 2.